The highest BCUT2D eigenvalue weighted by Gasteiger charge is 2.33. The van der Waals surface area contributed by atoms with Gasteiger partial charge < -0.3 is 10.5 Å². The van der Waals surface area contributed by atoms with Gasteiger partial charge in [-0.05, 0) is 37.1 Å². The Morgan fingerprint density at radius 2 is 1.95 bits per heavy atom. The molecule has 0 amide bonds. The summed E-state index contributed by atoms with van der Waals surface area (Å²) in [6.45, 7) is 4.38. The van der Waals surface area contributed by atoms with E-state index in [4.69, 9.17) is 10.5 Å². The highest BCUT2D eigenvalue weighted by Crippen LogP contribution is 2.34. The molecule has 2 aromatic rings. The Hall–Kier alpha value is -1.65. The Kier molecular flexibility index (Phi) is 3.83. The number of ether oxygens (including phenoxy) is 1. The molecule has 0 fully saturated rings. The lowest BCUT2D eigenvalue weighted by Crippen LogP contribution is -2.39. The fourth-order valence-corrected chi connectivity index (χ4v) is 4.26. The van der Waals surface area contributed by atoms with E-state index in [0.717, 1.165) is 27.3 Å². The van der Waals surface area contributed by atoms with Crippen LogP contribution in [-0.2, 0) is 10.8 Å². The van der Waals surface area contributed by atoms with Gasteiger partial charge in [0, 0.05) is 10.5 Å². The highest BCUT2D eigenvalue weighted by atomic mass is 32.2. The minimum Gasteiger partial charge on any atom is -0.492 e. The van der Waals surface area contributed by atoms with Crippen LogP contribution in [0.25, 0.3) is 0 Å². The second-order valence-corrected chi connectivity index (χ2v) is 7.12. The SMILES string of the molecule is Cc1ccc(C)c(S(=O)C2COc3ccccc3C2N)c1. The minimum absolute atomic E-state index is 0.222. The van der Waals surface area contributed by atoms with Gasteiger partial charge in [0.1, 0.15) is 12.4 Å². The Morgan fingerprint density at radius 1 is 1.19 bits per heavy atom. The zero-order valence-corrected chi connectivity index (χ0v) is 13.0. The molecule has 0 saturated heterocycles. The van der Waals surface area contributed by atoms with E-state index in [1.807, 2.05) is 56.3 Å². The van der Waals surface area contributed by atoms with Gasteiger partial charge in [-0.2, -0.15) is 0 Å². The van der Waals surface area contributed by atoms with E-state index in [1.54, 1.807) is 0 Å². The van der Waals surface area contributed by atoms with Crippen LogP contribution in [0.4, 0.5) is 0 Å². The number of benzene rings is 2. The quantitative estimate of drug-likeness (QED) is 0.928. The molecule has 3 unspecified atom stereocenters. The van der Waals surface area contributed by atoms with E-state index in [9.17, 15) is 4.21 Å². The van der Waals surface area contributed by atoms with Crippen LogP contribution in [0, 0.1) is 13.8 Å². The first kappa shape index (κ1) is 14.3. The number of fused-ring (bicyclic) bond motifs is 1. The average Bonchev–Trinajstić information content (AvgIpc) is 2.50. The largest absolute Gasteiger partial charge is 0.492 e. The average molecular weight is 301 g/mol. The number of rotatable bonds is 2. The Balaban J connectivity index is 1.95. The molecule has 21 heavy (non-hydrogen) atoms. The number of hydrogen-bond acceptors (Lipinski definition) is 3. The molecule has 1 aliphatic rings. The summed E-state index contributed by atoms with van der Waals surface area (Å²) in [5.41, 5.74) is 9.42. The summed E-state index contributed by atoms with van der Waals surface area (Å²) in [4.78, 5) is 0.860. The third-order valence-electron chi connectivity index (χ3n) is 3.92. The molecule has 0 spiro atoms. The van der Waals surface area contributed by atoms with Crippen LogP contribution in [0.1, 0.15) is 22.7 Å². The number of para-hydroxylation sites is 1. The van der Waals surface area contributed by atoms with Crippen molar-refractivity contribution in [2.45, 2.75) is 30.0 Å². The van der Waals surface area contributed by atoms with Crippen LogP contribution in [0.15, 0.2) is 47.4 Å². The molecule has 4 heteroatoms. The van der Waals surface area contributed by atoms with E-state index in [1.165, 1.54) is 0 Å². The van der Waals surface area contributed by atoms with Crippen molar-refractivity contribution in [2.75, 3.05) is 6.61 Å². The van der Waals surface area contributed by atoms with E-state index >= 15 is 0 Å². The van der Waals surface area contributed by atoms with Crippen molar-refractivity contribution in [3.63, 3.8) is 0 Å². The van der Waals surface area contributed by atoms with Gasteiger partial charge in [-0.3, -0.25) is 4.21 Å². The maximum atomic E-state index is 12.9. The Labute approximate surface area is 127 Å². The molecule has 0 saturated carbocycles. The number of aryl methyl sites for hydroxylation is 2. The van der Waals surface area contributed by atoms with E-state index < -0.39 is 10.8 Å². The van der Waals surface area contributed by atoms with Crippen molar-refractivity contribution < 1.29 is 8.95 Å². The molecular weight excluding hydrogens is 282 g/mol. The molecular formula is C17H19NO2S. The van der Waals surface area contributed by atoms with Crippen LogP contribution in [0.5, 0.6) is 5.75 Å². The molecule has 2 N–H and O–H groups in total. The smallest absolute Gasteiger partial charge is 0.124 e. The van der Waals surface area contributed by atoms with Crippen molar-refractivity contribution in [3.05, 3.63) is 59.2 Å². The maximum Gasteiger partial charge on any atom is 0.124 e. The van der Waals surface area contributed by atoms with Crippen LogP contribution in [-0.4, -0.2) is 16.1 Å². The van der Waals surface area contributed by atoms with Crippen LogP contribution in [0.3, 0.4) is 0 Å². The summed E-state index contributed by atoms with van der Waals surface area (Å²) in [6.07, 6.45) is 0. The van der Waals surface area contributed by atoms with Crippen LogP contribution in [0.2, 0.25) is 0 Å². The van der Waals surface area contributed by atoms with Gasteiger partial charge in [-0.1, -0.05) is 30.3 Å². The van der Waals surface area contributed by atoms with Crippen LogP contribution >= 0.6 is 0 Å². The third-order valence-corrected chi connectivity index (χ3v) is 5.77. The van der Waals surface area contributed by atoms with Crippen molar-refractivity contribution >= 4 is 10.8 Å². The van der Waals surface area contributed by atoms with Gasteiger partial charge in [0.15, 0.2) is 0 Å². The fraction of sp³-hybridized carbons (Fsp3) is 0.294. The predicted octanol–water partition coefficient (Wildman–Crippen LogP) is 2.87. The van der Waals surface area contributed by atoms with E-state index in [-0.39, 0.29) is 11.3 Å². The third kappa shape index (κ3) is 2.61. The van der Waals surface area contributed by atoms with Crippen molar-refractivity contribution in [1.29, 1.82) is 0 Å². The van der Waals surface area contributed by atoms with Crippen molar-refractivity contribution in [3.8, 4) is 5.75 Å². The van der Waals surface area contributed by atoms with Gasteiger partial charge in [0.2, 0.25) is 0 Å². The Bertz CT molecular complexity index is 699. The molecule has 2 aromatic carbocycles. The maximum absolute atomic E-state index is 12.9. The van der Waals surface area contributed by atoms with E-state index in [0.29, 0.717) is 6.61 Å². The van der Waals surface area contributed by atoms with Gasteiger partial charge in [0.05, 0.1) is 22.1 Å². The second-order valence-electron chi connectivity index (χ2n) is 5.48. The first-order valence-corrected chi connectivity index (χ1v) is 8.24. The zero-order valence-electron chi connectivity index (χ0n) is 12.2. The normalized spacial score (nSPS) is 22.2. The monoisotopic (exact) mass is 301 g/mol. The first-order chi connectivity index (χ1) is 10.1. The number of hydrogen-bond donors (Lipinski definition) is 1. The summed E-state index contributed by atoms with van der Waals surface area (Å²) >= 11 is 0. The van der Waals surface area contributed by atoms with Gasteiger partial charge >= 0.3 is 0 Å². The minimum atomic E-state index is -1.18. The lowest BCUT2D eigenvalue weighted by molar-refractivity contribution is 0.273. The molecule has 0 aliphatic carbocycles. The molecule has 3 atom stereocenters. The number of nitrogens with two attached hydrogens (primary N) is 1. The molecule has 1 heterocycles. The molecule has 3 rings (SSSR count). The zero-order chi connectivity index (χ0) is 15.0. The van der Waals surface area contributed by atoms with Gasteiger partial charge in [-0.15, -0.1) is 0 Å². The highest BCUT2D eigenvalue weighted by molar-refractivity contribution is 7.85. The lowest BCUT2D eigenvalue weighted by Gasteiger charge is -2.30. The standard InChI is InChI=1S/C17H19NO2S/c1-11-7-8-12(2)15(9-11)21(19)16-10-20-14-6-4-3-5-13(14)17(16)18/h3-9,16-17H,10,18H2,1-2H3. The second kappa shape index (κ2) is 5.62. The topological polar surface area (TPSA) is 52.3 Å². The summed E-state index contributed by atoms with van der Waals surface area (Å²) in [7, 11) is -1.18. The van der Waals surface area contributed by atoms with Crippen molar-refractivity contribution in [1.82, 2.24) is 0 Å². The van der Waals surface area contributed by atoms with E-state index in [2.05, 4.69) is 0 Å². The molecule has 0 radical (unpaired) electrons. The van der Waals surface area contributed by atoms with Crippen molar-refractivity contribution in [2.24, 2.45) is 5.73 Å². The van der Waals surface area contributed by atoms with Crippen LogP contribution < -0.4 is 10.5 Å². The molecule has 3 nitrogen and oxygen atoms in total. The van der Waals surface area contributed by atoms with Gasteiger partial charge in [-0.25, -0.2) is 0 Å². The summed E-state index contributed by atoms with van der Waals surface area (Å²) in [5, 5.41) is -0.222. The molecule has 0 bridgehead atoms. The lowest BCUT2D eigenvalue weighted by atomic mass is 10.0. The molecule has 110 valence electrons. The summed E-state index contributed by atoms with van der Waals surface area (Å²) in [6, 6.07) is 13.5. The fourth-order valence-electron chi connectivity index (χ4n) is 2.65. The molecule has 0 aromatic heterocycles. The first-order valence-electron chi connectivity index (χ1n) is 7.03. The van der Waals surface area contributed by atoms with Gasteiger partial charge in [0.25, 0.3) is 0 Å². The predicted molar refractivity (Wildman–Crippen MR) is 85.0 cm³/mol. The summed E-state index contributed by atoms with van der Waals surface area (Å²) in [5.74, 6) is 0.805. The molecule has 1 aliphatic heterocycles. The summed E-state index contributed by atoms with van der Waals surface area (Å²) < 4.78 is 18.7. The Morgan fingerprint density at radius 3 is 2.76 bits per heavy atom.